The van der Waals surface area contributed by atoms with E-state index in [1.807, 2.05) is 29.2 Å². The number of esters is 1. The van der Waals surface area contributed by atoms with Crippen molar-refractivity contribution in [3.63, 3.8) is 0 Å². The van der Waals surface area contributed by atoms with Gasteiger partial charge in [0.05, 0.1) is 19.8 Å². The van der Waals surface area contributed by atoms with Gasteiger partial charge in [-0.25, -0.2) is 14.2 Å². The first-order chi connectivity index (χ1) is 19.6. The molecule has 0 aromatic heterocycles. The molecule has 1 saturated heterocycles. The third-order valence-electron chi connectivity index (χ3n) is 6.64. The number of anilines is 2. The van der Waals surface area contributed by atoms with Crippen molar-refractivity contribution in [1.82, 2.24) is 4.90 Å². The Morgan fingerprint density at radius 2 is 1.73 bits per heavy atom. The number of aliphatic imine (C=N–C) groups is 1. The number of rotatable bonds is 6. The fraction of sp³-hybridized carbons (Fsp3) is 0.267. The molecule has 7 nitrogen and oxygen atoms in total. The first kappa shape index (κ1) is 29.4. The minimum atomic E-state index is -4.54. The van der Waals surface area contributed by atoms with Crippen LogP contribution in [0.25, 0.3) is 6.08 Å². The molecule has 0 saturated carbocycles. The quantitative estimate of drug-likeness (QED) is 0.124. The van der Waals surface area contributed by atoms with Crippen molar-refractivity contribution in [1.29, 1.82) is 0 Å². The van der Waals surface area contributed by atoms with E-state index >= 15 is 4.39 Å². The van der Waals surface area contributed by atoms with Gasteiger partial charge in [0.15, 0.2) is 0 Å². The Balaban J connectivity index is 1.71. The van der Waals surface area contributed by atoms with E-state index in [9.17, 15) is 18.0 Å². The predicted molar refractivity (Wildman–Crippen MR) is 151 cm³/mol. The monoisotopic (exact) mass is 570 g/mol. The lowest BCUT2D eigenvalue weighted by molar-refractivity contribution is -0.137. The molecule has 216 valence electrons. The van der Waals surface area contributed by atoms with E-state index in [4.69, 9.17) is 4.74 Å². The lowest BCUT2D eigenvalue weighted by Crippen LogP contribution is -2.50. The summed E-state index contributed by atoms with van der Waals surface area (Å²) in [4.78, 5) is 20.2. The van der Waals surface area contributed by atoms with Crippen LogP contribution in [0.4, 0.5) is 34.6 Å². The zero-order chi connectivity index (χ0) is 29.6. The summed E-state index contributed by atoms with van der Waals surface area (Å²) in [6.07, 6.45) is -2.02. The summed E-state index contributed by atoms with van der Waals surface area (Å²) >= 11 is 0. The highest BCUT2D eigenvalue weighted by Crippen LogP contribution is 2.33. The van der Waals surface area contributed by atoms with E-state index in [0.717, 1.165) is 29.6 Å². The number of piperazine rings is 1. The van der Waals surface area contributed by atoms with Crippen molar-refractivity contribution >= 4 is 35.1 Å². The first-order valence-corrected chi connectivity index (χ1v) is 12.8. The van der Waals surface area contributed by atoms with E-state index in [2.05, 4.69) is 19.9 Å². The molecule has 0 amide bonds. The molecule has 0 bridgehead atoms. The first-order valence-electron chi connectivity index (χ1n) is 12.8. The number of alkyl halides is 3. The standard InChI is InChI=1S/C30H30F4N4O3/c1-20-10-12-22(30(32,33)34)18-26(20)35-29(36-28-21(6-4-9-25(28)31)11-13-27(39)41-3)38-16-14-37(15-17-38)23-7-5-8-24(19-23)40-2/h4-13,18-19H,14-17H2,1-3H3,(H,35,36)/b13-11+. The smallest absolute Gasteiger partial charge is 0.416 e. The normalized spacial score (nSPS) is 14.4. The number of halogens is 4. The van der Waals surface area contributed by atoms with Gasteiger partial charge in [-0.1, -0.05) is 24.3 Å². The Labute approximate surface area is 235 Å². The maximum atomic E-state index is 15.1. The highest BCUT2D eigenvalue weighted by molar-refractivity contribution is 5.97. The molecule has 0 atom stereocenters. The highest BCUT2D eigenvalue weighted by Gasteiger charge is 2.31. The van der Waals surface area contributed by atoms with Gasteiger partial charge in [-0.15, -0.1) is 0 Å². The zero-order valence-corrected chi connectivity index (χ0v) is 22.8. The van der Waals surface area contributed by atoms with Gasteiger partial charge in [0, 0.05) is 55.3 Å². The van der Waals surface area contributed by atoms with E-state index in [-0.39, 0.29) is 17.3 Å². The second-order valence-corrected chi connectivity index (χ2v) is 9.30. The summed E-state index contributed by atoms with van der Waals surface area (Å²) in [5.74, 6) is -0.389. The van der Waals surface area contributed by atoms with Crippen molar-refractivity contribution in [2.75, 3.05) is 50.6 Å². The average Bonchev–Trinajstić information content (AvgIpc) is 2.97. The van der Waals surface area contributed by atoms with Gasteiger partial charge in [0.2, 0.25) is 5.96 Å². The number of para-hydroxylation sites is 1. The van der Waals surface area contributed by atoms with Gasteiger partial charge in [-0.05, 0) is 48.9 Å². The molecular formula is C30H30F4N4O3. The van der Waals surface area contributed by atoms with Crippen molar-refractivity contribution in [3.8, 4) is 5.75 Å². The molecule has 1 aliphatic rings. The molecule has 0 spiro atoms. The lowest BCUT2D eigenvalue weighted by atomic mass is 10.1. The molecule has 1 fully saturated rings. The summed E-state index contributed by atoms with van der Waals surface area (Å²) < 4.78 is 65.6. The number of hydrogen-bond acceptors (Lipinski definition) is 5. The van der Waals surface area contributed by atoms with Crippen molar-refractivity contribution < 1.29 is 31.8 Å². The number of carbonyl (C=O) groups is 1. The molecule has 3 aromatic carbocycles. The second kappa shape index (κ2) is 12.8. The van der Waals surface area contributed by atoms with Crippen molar-refractivity contribution in [2.24, 2.45) is 4.99 Å². The van der Waals surface area contributed by atoms with E-state index in [1.54, 1.807) is 20.1 Å². The summed E-state index contributed by atoms with van der Waals surface area (Å²) in [5.41, 5.74) is 1.12. The summed E-state index contributed by atoms with van der Waals surface area (Å²) in [6, 6.07) is 15.3. The topological polar surface area (TPSA) is 66.4 Å². The Kier molecular flexibility index (Phi) is 9.16. The van der Waals surface area contributed by atoms with Gasteiger partial charge in [-0.3, -0.25) is 0 Å². The Morgan fingerprint density at radius 3 is 2.41 bits per heavy atom. The van der Waals surface area contributed by atoms with Gasteiger partial charge in [0.1, 0.15) is 17.3 Å². The van der Waals surface area contributed by atoms with E-state index in [0.29, 0.717) is 37.3 Å². The third kappa shape index (κ3) is 7.36. The molecular weight excluding hydrogens is 540 g/mol. The Morgan fingerprint density at radius 1 is 1.00 bits per heavy atom. The van der Waals surface area contributed by atoms with Crippen LogP contribution < -0.4 is 15.0 Å². The minimum Gasteiger partial charge on any atom is -0.497 e. The molecule has 3 aromatic rings. The highest BCUT2D eigenvalue weighted by atomic mass is 19.4. The molecule has 1 N–H and O–H groups in total. The molecule has 0 aliphatic carbocycles. The summed E-state index contributed by atoms with van der Waals surface area (Å²) in [5, 5.41) is 3.04. The number of nitrogens with one attached hydrogen (secondary N) is 1. The molecule has 41 heavy (non-hydrogen) atoms. The van der Waals surface area contributed by atoms with Crippen LogP contribution in [-0.2, 0) is 15.7 Å². The third-order valence-corrected chi connectivity index (χ3v) is 6.64. The van der Waals surface area contributed by atoms with Crippen LogP contribution in [-0.4, -0.2) is 57.2 Å². The largest absolute Gasteiger partial charge is 0.497 e. The van der Waals surface area contributed by atoms with Crippen LogP contribution >= 0.6 is 0 Å². The lowest BCUT2D eigenvalue weighted by Gasteiger charge is -2.38. The number of guanidine groups is 1. The maximum Gasteiger partial charge on any atom is 0.416 e. The molecule has 11 heteroatoms. The number of aryl methyl sites for hydroxylation is 1. The number of carbonyl (C=O) groups excluding carboxylic acids is 1. The van der Waals surface area contributed by atoms with Crippen LogP contribution in [0.5, 0.6) is 5.75 Å². The molecule has 1 aliphatic heterocycles. The van der Waals surface area contributed by atoms with Gasteiger partial charge >= 0.3 is 12.1 Å². The average molecular weight is 571 g/mol. The summed E-state index contributed by atoms with van der Waals surface area (Å²) in [7, 11) is 2.82. The maximum absolute atomic E-state index is 15.1. The molecule has 0 radical (unpaired) electrons. The number of methoxy groups -OCH3 is 2. The van der Waals surface area contributed by atoms with E-state index < -0.39 is 23.5 Å². The SMILES string of the molecule is COC(=O)/C=C/c1cccc(F)c1N=C(Nc1cc(C(F)(F)F)ccc1C)N1CCN(c2cccc(OC)c2)CC1. The molecule has 1 heterocycles. The number of benzene rings is 3. The number of hydrogen-bond donors (Lipinski definition) is 1. The molecule has 4 rings (SSSR count). The van der Waals surface area contributed by atoms with Crippen LogP contribution in [0.3, 0.4) is 0 Å². The predicted octanol–water partition coefficient (Wildman–Crippen LogP) is 6.27. The summed E-state index contributed by atoms with van der Waals surface area (Å²) in [6.45, 7) is 3.71. The zero-order valence-electron chi connectivity index (χ0n) is 22.8. The Hall–Kier alpha value is -4.54. The van der Waals surface area contributed by atoms with Gasteiger partial charge < -0.3 is 24.6 Å². The van der Waals surface area contributed by atoms with Crippen molar-refractivity contribution in [3.05, 3.63) is 89.2 Å². The van der Waals surface area contributed by atoms with Crippen LogP contribution in [0.15, 0.2) is 71.7 Å². The second-order valence-electron chi connectivity index (χ2n) is 9.30. The van der Waals surface area contributed by atoms with Crippen LogP contribution in [0.2, 0.25) is 0 Å². The van der Waals surface area contributed by atoms with Gasteiger partial charge in [0.25, 0.3) is 0 Å². The number of ether oxygens (including phenoxy) is 2. The Bertz CT molecular complexity index is 1450. The van der Waals surface area contributed by atoms with Crippen LogP contribution in [0, 0.1) is 12.7 Å². The fourth-order valence-electron chi connectivity index (χ4n) is 4.33. The van der Waals surface area contributed by atoms with Crippen molar-refractivity contribution in [2.45, 2.75) is 13.1 Å². The minimum absolute atomic E-state index is 0.0741. The number of nitrogens with zero attached hydrogens (tertiary/aromatic N) is 3. The van der Waals surface area contributed by atoms with Gasteiger partial charge in [-0.2, -0.15) is 13.2 Å². The molecule has 0 unspecified atom stereocenters. The van der Waals surface area contributed by atoms with E-state index in [1.165, 1.54) is 31.4 Å². The van der Waals surface area contributed by atoms with Crippen LogP contribution in [0.1, 0.15) is 16.7 Å². The fourth-order valence-corrected chi connectivity index (χ4v) is 4.33.